The fraction of sp³-hybridized carbons (Fsp3) is 0.692. The molecule has 1 aliphatic heterocycles. The molecule has 1 fully saturated rings. The second-order valence-electron chi connectivity index (χ2n) is 4.48. The largest absolute Gasteiger partial charge is 0.378 e. The van der Waals surface area contributed by atoms with Gasteiger partial charge in [-0.15, -0.1) is 0 Å². The second-order valence-corrected chi connectivity index (χ2v) is 4.48. The minimum atomic E-state index is 0.310. The van der Waals surface area contributed by atoms with Crippen molar-refractivity contribution in [1.29, 1.82) is 0 Å². The molecule has 1 atom stereocenters. The maximum absolute atomic E-state index is 5.70. The first-order chi connectivity index (χ1) is 8.38. The summed E-state index contributed by atoms with van der Waals surface area (Å²) in [5.41, 5.74) is 0. The maximum Gasteiger partial charge on any atom is 0.133 e. The summed E-state index contributed by atoms with van der Waals surface area (Å²) >= 11 is 0. The van der Waals surface area contributed by atoms with Crippen LogP contribution in [0.3, 0.4) is 0 Å². The summed E-state index contributed by atoms with van der Waals surface area (Å²) < 4.78 is 5.70. The van der Waals surface area contributed by atoms with E-state index < -0.39 is 0 Å². The number of hydrogen-bond donors (Lipinski definition) is 1. The number of nitrogens with zero attached hydrogens (tertiary/aromatic N) is 2. The van der Waals surface area contributed by atoms with E-state index in [0.29, 0.717) is 6.10 Å². The zero-order valence-electron chi connectivity index (χ0n) is 10.5. The first kappa shape index (κ1) is 12.3. The van der Waals surface area contributed by atoms with Gasteiger partial charge < -0.3 is 10.1 Å². The zero-order chi connectivity index (χ0) is 11.9. The normalized spacial score (nSPS) is 20.2. The highest BCUT2D eigenvalue weighted by Crippen LogP contribution is 2.16. The van der Waals surface area contributed by atoms with Crippen LogP contribution in [-0.4, -0.2) is 29.2 Å². The SMILES string of the molecule is CCCNc1ccnc(CC2CCCCO2)n1. The van der Waals surface area contributed by atoms with Crippen LogP contribution in [0.15, 0.2) is 12.3 Å². The van der Waals surface area contributed by atoms with E-state index in [1.165, 1.54) is 12.8 Å². The molecule has 0 radical (unpaired) electrons. The van der Waals surface area contributed by atoms with Crippen LogP contribution >= 0.6 is 0 Å². The van der Waals surface area contributed by atoms with Crippen molar-refractivity contribution in [1.82, 2.24) is 9.97 Å². The molecule has 1 unspecified atom stereocenters. The Morgan fingerprint density at radius 2 is 2.41 bits per heavy atom. The molecule has 0 bridgehead atoms. The van der Waals surface area contributed by atoms with Crippen molar-refractivity contribution < 1.29 is 4.74 Å². The molecule has 0 saturated carbocycles. The number of anilines is 1. The summed E-state index contributed by atoms with van der Waals surface area (Å²) in [6.07, 6.45) is 7.66. The van der Waals surface area contributed by atoms with Gasteiger partial charge in [-0.2, -0.15) is 0 Å². The van der Waals surface area contributed by atoms with E-state index in [2.05, 4.69) is 22.2 Å². The van der Waals surface area contributed by atoms with Crippen LogP contribution < -0.4 is 5.32 Å². The third-order valence-corrected chi connectivity index (χ3v) is 2.95. The van der Waals surface area contributed by atoms with Gasteiger partial charge in [0.1, 0.15) is 11.6 Å². The molecule has 1 aromatic heterocycles. The Balaban J connectivity index is 1.90. The zero-order valence-corrected chi connectivity index (χ0v) is 10.5. The molecule has 0 spiro atoms. The van der Waals surface area contributed by atoms with Crippen molar-refractivity contribution in [2.24, 2.45) is 0 Å². The lowest BCUT2D eigenvalue weighted by molar-refractivity contribution is 0.0156. The van der Waals surface area contributed by atoms with Crippen LogP contribution in [0.1, 0.15) is 38.4 Å². The molecular formula is C13H21N3O. The highest BCUT2D eigenvalue weighted by molar-refractivity contribution is 5.32. The molecule has 94 valence electrons. The van der Waals surface area contributed by atoms with E-state index in [-0.39, 0.29) is 0 Å². The molecule has 1 aromatic rings. The average molecular weight is 235 g/mol. The van der Waals surface area contributed by atoms with Gasteiger partial charge >= 0.3 is 0 Å². The quantitative estimate of drug-likeness (QED) is 0.851. The van der Waals surface area contributed by atoms with Crippen LogP contribution in [0.2, 0.25) is 0 Å². The van der Waals surface area contributed by atoms with Gasteiger partial charge in [0.05, 0.1) is 6.10 Å². The molecular weight excluding hydrogens is 214 g/mol. The molecule has 2 heterocycles. The van der Waals surface area contributed by atoms with Gasteiger partial charge in [-0.3, -0.25) is 0 Å². The second kappa shape index (κ2) is 6.55. The van der Waals surface area contributed by atoms with Crippen LogP contribution in [0.5, 0.6) is 0 Å². The van der Waals surface area contributed by atoms with Crippen molar-refractivity contribution >= 4 is 5.82 Å². The summed E-state index contributed by atoms with van der Waals surface area (Å²) in [5, 5.41) is 3.28. The Morgan fingerprint density at radius 1 is 1.47 bits per heavy atom. The fourth-order valence-electron chi connectivity index (χ4n) is 2.02. The van der Waals surface area contributed by atoms with Crippen molar-refractivity contribution in [3.8, 4) is 0 Å². The predicted molar refractivity (Wildman–Crippen MR) is 68.1 cm³/mol. The van der Waals surface area contributed by atoms with E-state index in [1.807, 2.05) is 12.3 Å². The summed E-state index contributed by atoms with van der Waals surface area (Å²) in [7, 11) is 0. The van der Waals surface area contributed by atoms with Crippen LogP contribution in [-0.2, 0) is 11.2 Å². The molecule has 1 aliphatic rings. The van der Waals surface area contributed by atoms with E-state index in [4.69, 9.17) is 4.74 Å². The van der Waals surface area contributed by atoms with Crippen molar-refractivity contribution in [3.63, 3.8) is 0 Å². The molecule has 17 heavy (non-hydrogen) atoms. The van der Waals surface area contributed by atoms with Crippen LogP contribution in [0.25, 0.3) is 0 Å². The number of ether oxygens (including phenoxy) is 1. The monoisotopic (exact) mass is 235 g/mol. The van der Waals surface area contributed by atoms with Crippen LogP contribution in [0, 0.1) is 0 Å². The van der Waals surface area contributed by atoms with Crippen molar-refractivity contribution in [3.05, 3.63) is 18.1 Å². The summed E-state index contributed by atoms with van der Waals surface area (Å²) in [6, 6.07) is 1.92. The highest BCUT2D eigenvalue weighted by atomic mass is 16.5. The third kappa shape index (κ3) is 3.97. The Morgan fingerprint density at radius 3 is 3.18 bits per heavy atom. The maximum atomic E-state index is 5.70. The molecule has 0 aromatic carbocycles. The van der Waals surface area contributed by atoms with E-state index in [0.717, 1.165) is 44.1 Å². The molecule has 0 aliphatic carbocycles. The summed E-state index contributed by atoms with van der Waals surface area (Å²) in [4.78, 5) is 8.81. The van der Waals surface area contributed by atoms with Gasteiger partial charge in [0.2, 0.25) is 0 Å². The van der Waals surface area contributed by atoms with Gasteiger partial charge in [-0.05, 0) is 31.7 Å². The smallest absolute Gasteiger partial charge is 0.133 e. The Labute approximate surface area is 103 Å². The number of hydrogen-bond acceptors (Lipinski definition) is 4. The van der Waals surface area contributed by atoms with E-state index >= 15 is 0 Å². The standard InChI is InChI=1S/C13H21N3O/c1-2-7-14-12-6-8-15-13(16-12)10-11-5-3-4-9-17-11/h6,8,11H,2-5,7,9-10H2,1H3,(H,14,15,16). The number of rotatable bonds is 5. The fourth-order valence-corrected chi connectivity index (χ4v) is 2.02. The average Bonchev–Trinajstić information content (AvgIpc) is 2.38. The molecule has 2 rings (SSSR count). The molecule has 1 N–H and O–H groups in total. The van der Waals surface area contributed by atoms with Gasteiger partial charge in [-0.25, -0.2) is 9.97 Å². The van der Waals surface area contributed by atoms with Crippen LogP contribution in [0.4, 0.5) is 5.82 Å². The van der Waals surface area contributed by atoms with Crippen molar-refractivity contribution in [2.75, 3.05) is 18.5 Å². The lowest BCUT2D eigenvalue weighted by Gasteiger charge is -2.21. The number of nitrogens with one attached hydrogen (secondary N) is 1. The minimum absolute atomic E-state index is 0.310. The van der Waals surface area contributed by atoms with Gasteiger partial charge in [0.25, 0.3) is 0 Å². The lowest BCUT2D eigenvalue weighted by atomic mass is 10.1. The predicted octanol–water partition coefficient (Wildman–Crippen LogP) is 2.41. The Hall–Kier alpha value is -1.16. The van der Waals surface area contributed by atoms with Crippen molar-refractivity contribution in [2.45, 2.75) is 45.1 Å². The third-order valence-electron chi connectivity index (χ3n) is 2.95. The van der Waals surface area contributed by atoms with E-state index in [9.17, 15) is 0 Å². The Kier molecular flexibility index (Phi) is 4.74. The molecule has 0 amide bonds. The minimum Gasteiger partial charge on any atom is -0.378 e. The van der Waals surface area contributed by atoms with Gasteiger partial charge in [-0.1, -0.05) is 6.92 Å². The molecule has 4 heteroatoms. The Bertz CT molecular complexity index is 337. The first-order valence-corrected chi connectivity index (χ1v) is 6.56. The number of aromatic nitrogens is 2. The lowest BCUT2D eigenvalue weighted by Crippen LogP contribution is -2.22. The van der Waals surface area contributed by atoms with Gasteiger partial charge in [0.15, 0.2) is 0 Å². The van der Waals surface area contributed by atoms with E-state index in [1.54, 1.807) is 0 Å². The molecule has 1 saturated heterocycles. The summed E-state index contributed by atoms with van der Waals surface area (Å²) in [6.45, 7) is 3.99. The first-order valence-electron chi connectivity index (χ1n) is 6.56. The summed E-state index contributed by atoms with van der Waals surface area (Å²) in [5.74, 6) is 1.81. The molecule has 4 nitrogen and oxygen atoms in total. The highest BCUT2D eigenvalue weighted by Gasteiger charge is 2.15. The topological polar surface area (TPSA) is 47.0 Å². The van der Waals surface area contributed by atoms with Gasteiger partial charge in [0, 0.05) is 25.8 Å².